The third-order valence-corrected chi connectivity index (χ3v) is 4.01. The van der Waals surface area contributed by atoms with Gasteiger partial charge in [-0.05, 0) is 36.1 Å². The molecule has 0 fully saturated rings. The van der Waals surface area contributed by atoms with E-state index in [1.165, 1.54) is 16.2 Å². The quantitative estimate of drug-likeness (QED) is 0.394. The minimum atomic E-state index is -0.115. The molecule has 6 heteroatoms. The van der Waals surface area contributed by atoms with E-state index < -0.39 is 0 Å². The van der Waals surface area contributed by atoms with Crippen LogP contribution in [0.15, 0.2) is 40.9 Å². The van der Waals surface area contributed by atoms with Crippen LogP contribution in [0, 0.1) is 6.92 Å². The molecule has 0 atom stereocenters. The number of amidine groups is 1. The number of carbonyl (C=O) groups is 1. The summed E-state index contributed by atoms with van der Waals surface area (Å²) in [7, 11) is 1.67. The van der Waals surface area contributed by atoms with Gasteiger partial charge in [-0.15, -0.1) is 11.3 Å². The van der Waals surface area contributed by atoms with Crippen LogP contribution in [0.2, 0.25) is 0 Å². The van der Waals surface area contributed by atoms with Gasteiger partial charge < -0.3 is 15.8 Å². The lowest BCUT2D eigenvalue weighted by Crippen LogP contribution is -2.29. The molecule has 1 heterocycles. The maximum Gasteiger partial charge on any atom is 0.268 e. The molecule has 5 nitrogen and oxygen atoms in total. The van der Waals surface area contributed by atoms with Gasteiger partial charge in [0.1, 0.15) is 0 Å². The number of hydrogen-bond donors (Lipinski definition) is 2. The van der Waals surface area contributed by atoms with Crippen LogP contribution in [-0.2, 0) is 0 Å². The predicted octanol–water partition coefficient (Wildman–Crippen LogP) is 2.43. The first-order valence-electron chi connectivity index (χ1n) is 5.95. The van der Waals surface area contributed by atoms with Gasteiger partial charge >= 0.3 is 0 Å². The molecule has 0 unspecified atom stereocenters. The van der Waals surface area contributed by atoms with E-state index in [-0.39, 0.29) is 11.7 Å². The third-order valence-electron chi connectivity index (χ3n) is 3.01. The molecule has 1 aromatic heterocycles. The fraction of sp³-hybridized carbons (Fsp3) is 0.143. The summed E-state index contributed by atoms with van der Waals surface area (Å²) in [6.07, 6.45) is 0. The Labute approximate surface area is 120 Å². The van der Waals surface area contributed by atoms with Crippen molar-refractivity contribution in [1.82, 2.24) is 0 Å². The van der Waals surface area contributed by atoms with E-state index in [9.17, 15) is 4.79 Å². The maximum absolute atomic E-state index is 12.5. The molecular formula is C14H15N3O2S. The number of carbonyl (C=O) groups excluding carboxylic acids is 1. The lowest BCUT2D eigenvalue weighted by molar-refractivity contribution is 0.0996. The van der Waals surface area contributed by atoms with E-state index in [0.29, 0.717) is 16.1 Å². The summed E-state index contributed by atoms with van der Waals surface area (Å²) >= 11 is 1.40. The van der Waals surface area contributed by atoms with Crippen molar-refractivity contribution < 1.29 is 10.0 Å². The predicted molar refractivity (Wildman–Crippen MR) is 80.7 cm³/mol. The van der Waals surface area contributed by atoms with Gasteiger partial charge in [-0.1, -0.05) is 17.3 Å². The first kappa shape index (κ1) is 14.1. The molecule has 0 radical (unpaired) electrons. The lowest BCUT2D eigenvalue weighted by atomic mass is 10.1. The number of hydrogen-bond acceptors (Lipinski definition) is 4. The molecule has 0 spiro atoms. The van der Waals surface area contributed by atoms with Gasteiger partial charge in [0.15, 0.2) is 5.84 Å². The summed E-state index contributed by atoms with van der Waals surface area (Å²) in [6, 6.07) is 8.94. The molecule has 0 saturated heterocycles. The van der Waals surface area contributed by atoms with Crippen molar-refractivity contribution in [2.75, 3.05) is 11.9 Å². The monoisotopic (exact) mass is 289 g/mol. The summed E-state index contributed by atoms with van der Waals surface area (Å²) < 4.78 is 0. The van der Waals surface area contributed by atoms with Crippen molar-refractivity contribution in [2.24, 2.45) is 10.9 Å². The molecule has 0 bridgehead atoms. The van der Waals surface area contributed by atoms with Gasteiger partial charge in [-0.3, -0.25) is 4.79 Å². The second kappa shape index (κ2) is 5.75. The third kappa shape index (κ3) is 2.50. The van der Waals surface area contributed by atoms with Gasteiger partial charge in [-0.2, -0.15) is 0 Å². The van der Waals surface area contributed by atoms with Crippen LogP contribution < -0.4 is 10.6 Å². The Morgan fingerprint density at radius 3 is 2.65 bits per heavy atom. The Morgan fingerprint density at radius 2 is 2.05 bits per heavy atom. The largest absolute Gasteiger partial charge is 0.409 e. The number of rotatable bonds is 3. The lowest BCUT2D eigenvalue weighted by Gasteiger charge is -2.20. The Morgan fingerprint density at radius 1 is 1.35 bits per heavy atom. The summed E-state index contributed by atoms with van der Waals surface area (Å²) in [5.41, 5.74) is 7.70. The number of thiophene rings is 1. The van der Waals surface area contributed by atoms with Gasteiger partial charge in [-0.25, -0.2) is 0 Å². The molecule has 2 aromatic rings. The van der Waals surface area contributed by atoms with Crippen molar-refractivity contribution >= 4 is 28.8 Å². The van der Waals surface area contributed by atoms with E-state index in [2.05, 4.69) is 5.16 Å². The average Bonchev–Trinajstić information content (AvgIpc) is 2.91. The van der Waals surface area contributed by atoms with Gasteiger partial charge in [0.05, 0.1) is 10.6 Å². The smallest absolute Gasteiger partial charge is 0.268 e. The SMILES string of the molecule is Cc1ccsc1C(=O)N(C)c1ccccc1/C(N)=N/O. The molecule has 0 saturated carbocycles. The summed E-state index contributed by atoms with van der Waals surface area (Å²) in [5.74, 6) is -0.140. The molecule has 3 N–H and O–H groups in total. The normalized spacial score (nSPS) is 11.4. The van der Waals surface area contributed by atoms with Crippen molar-refractivity contribution in [3.8, 4) is 0 Å². The molecule has 0 aliphatic carbocycles. The number of benzene rings is 1. The van der Waals surface area contributed by atoms with Crippen LogP contribution in [0.4, 0.5) is 5.69 Å². The zero-order chi connectivity index (χ0) is 14.7. The zero-order valence-electron chi connectivity index (χ0n) is 11.2. The van der Waals surface area contributed by atoms with E-state index >= 15 is 0 Å². The first-order valence-corrected chi connectivity index (χ1v) is 6.83. The van der Waals surface area contributed by atoms with Crippen LogP contribution in [0.1, 0.15) is 20.8 Å². The number of oxime groups is 1. The first-order chi connectivity index (χ1) is 9.56. The number of aryl methyl sites for hydroxylation is 1. The standard InChI is InChI=1S/C14H15N3O2S/c1-9-7-8-20-12(9)14(18)17(2)11-6-4-3-5-10(11)13(15)16-19/h3-8,19H,1-2H3,(H2,15,16). The minimum Gasteiger partial charge on any atom is -0.409 e. The van der Waals surface area contributed by atoms with E-state index in [1.807, 2.05) is 18.4 Å². The molecule has 1 aromatic carbocycles. The maximum atomic E-state index is 12.5. The highest BCUT2D eigenvalue weighted by atomic mass is 32.1. The molecule has 20 heavy (non-hydrogen) atoms. The highest BCUT2D eigenvalue weighted by Crippen LogP contribution is 2.24. The van der Waals surface area contributed by atoms with E-state index in [4.69, 9.17) is 10.9 Å². The molecule has 0 aliphatic rings. The Bertz CT molecular complexity index is 664. The second-order valence-corrected chi connectivity index (χ2v) is 5.22. The number of amides is 1. The Hall–Kier alpha value is -2.34. The molecule has 104 valence electrons. The summed E-state index contributed by atoms with van der Waals surface area (Å²) in [5, 5.41) is 13.7. The van der Waals surface area contributed by atoms with Crippen LogP contribution >= 0.6 is 11.3 Å². The van der Waals surface area contributed by atoms with Crippen LogP contribution in [-0.4, -0.2) is 24.0 Å². The highest BCUT2D eigenvalue weighted by Gasteiger charge is 2.20. The second-order valence-electron chi connectivity index (χ2n) is 4.30. The molecule has 1 amide bonds. The number of anilines is 1. The summed E-state index contributed by atoms with van der Waals surface area (Å²) in [6.45, 7) is 1.90. The number of para-hydroxylation sites is 1. The van der Waals surface area contributed by atoms with Crippen molar-refractivity contribution in [3.63, 3.8) is 0 Å². The van der Waals surface area contributed by atoms with Gasteiger partial charge in [0.2, 0.25) is 0 Å². The van der Waals surface area contributed by atoms with Crippen LogP contribution in [0.5, 0.6) is 0 Å². The van der Waals surface area contributed by atoms with E-state index in [1.54, 1.807) is 31.3 Å². The highest BCUT2D eigenvalue weighted by molar-refractivity contribution is 7.12. The molecule has 0 aliphatic heterocycles. The van der Waals surface area contributed by atoms with Crippen LogP contribution in [0.3, 0.4) is 0 Å². The molecule has 2 rings (SSSR count). The van der Waals surface area contributed by atoms with Crippen molar-refractivity contribution in [1.29, 1.82) is 0 Å². The van der Waals surface area contributed by atoms with Crippen molar-refractivity contribution in [3.05, 3.63) is 51.7 Å². The zero-order valence-corrected chi connectivity index (χ0v) is 12.0. The Balaban J connectivity index is 2.42. The fourth-order valence-corrected chi connectivity index (χ4v) is 2.79. The Kier molecular flexibility index (Phi) is 4.05. The number of nitrogens with two attached hydrogens (primary N) is 1. The van der Waals surface area contributed by atoms with Crippen LogP contribution in [0.25, 0.3) is 0 Å². The average molecular weight is 289 g/mol. The minimum absolute atomic E-state index is 0.0249. The van der Waals surface area contributed by atoms with Gasteiger partial charge in [0, 0.05) is 12.6 Å². The van der Waals surface area contributed by atoms with Crippen molar-refractivity contribution in [2.45, 2.75) is 6.92 Å². The molecular weight excluding hydrogens is 274 g/mol. The van der Waals surface area contributed by atoms with Gasteiger partial charge in [0.25, 0.3) is 5.91 Å². The summed E-state index contributed by atoms with van der Waals surface area (Å²) in [4.78, 5) is 14.7. The van der Waals surface area contributed by atoms with E-state index in [0.717, 1.165) is 5.56 Å². The number of nitrogens with zero attached hydrogens (tertiary/aromatic N) is 2. The topological polar surface area (TPSA) is 78.9 Å². The fourth-order valence-electron chi connectivity index (χ4n) is 1.89.